The lowest BCUT2D eigenvalue weighted by Crippen LogP contribution is -2.22. The van der Waals surface area contributed by atoms with Gasteiger partial charge in [-0.05, 0) is 41.1 Å². The molecule has 0 aliphatic carbocycles. The van der Waals surface area contributed by atoms with E-state index >= 15 is 0 Å². The van der Waals surface area contributed by atoms with Crippen LogP contribution in [-0.2, 0) is 6.54 Å². The van der Waals surface area contributed by atoms with Gasteiger partial charge in [-0.2, -0.15) is 0 Å². The van der Waals surface area contributed by atoms with Crippen LogP contribution in [0.5, 0.6) is 0 Å². The summed E-state index contributed by atoms with van der Waals surface area (Å²) < 4.78 is 0.774. The normalized spacial score (nSPS) is 10.4. The first-order valence-corrected chi connectivity index (χ1v) is 7.19. The molecule has 1 aromatic heterocycles. The van der Waals surface area contributed by atoms with Crippen LogP contribution < -0.4 is 5.32 Å². The lowest BCUT2D eigenvalue weighted by molar-refractivity contribution is 0.0951. The van der Waals surface area contributed by atoms with Gasteiger partial charge in [-0.1, -0.05) is 11.6 Å². The summed E-state index contributed by atoms with van der Waals surface area (Å²) in [6.45, 7) is 2.42. The lowest BCUT2D eigenvalue weighted by atomic mass is 10.2. The molecule has 1 aromatic carbocycles. The molecule has 0 bridgehead atoms. The topological polar surface area (TPSA) is 42.0 Å². The van der Waals surface area contributed by atoms with E-state index in [1.165, 1.54) is 0 Å². The SMILES string of the molecule is Cc1cnc(CNC(=O)c2ccc(Br)c(Cl)c2)s1. The highest BCUT2D eigenvalue weighted by atomic mass is 79.9. The van der Waals surface area contributed by atoms with Crippen LogP contribution in [-0.4, -0.2) is 10.9 Å². The summed E-state index contributed by atoms with van der Waals surface area (Å²) in [6.07, 6.45) is 1.79. The molecule has 0 aliphatic heterocycles. The fourth-order valence-electron chi connectivity index (χ4n) is 1.38. The molecular formula is C12H10BrClN2OS. The number of carbonyl (C=O) groups is 1. The number of carbonyl (C=O) groups excluding carboxylic acids is 1. The molecule has 2 rings (SSSR count). The van der Waals surface area contributed by atoms with Crippen molar-refractivity contribution in [1.29, 1.82) is 0 Å². The molecule has 0 spiro atoms. The molecule has 94 valence electrons. The highest BCUT2D eigenvalue weighted by Crippen LogP contribution is 2.23. The summed E-state index contributed by atoms with van der Waals surface area (Å²) in [6, 6.07) is 5.11. The molecule has 0 saturated heterocycles. The Morgan fingerprint density at radius 1 is 1.56 bits per heavy atom. The zero-order chi connectivity index (χ0) is 13.1. The smallest absolute Gasteiger partial charge is 0.251 e. The first-order valence-electron chi connectivity index (χ1n) is 5.21. The predicted octanol–water partition coefficient (Wildman–Crippen LogP) is 3.80. The third-order valence-electron chi connectivity index (χ3n) is 2.25. The molecule has 0 atom stereocenters. The molecule has 1 amide bonds. The quantitative estimate of drug-likeness (QED) is 0.919. The molecule has 0 saturated carbocycles. The molecule has 1 N–H and O–H groups in total. The van der Waals surface area contributed by atoms with Crippen molar-refractivity contribution in [3.63, 3.8) is 0 Å². The molecular weight excluding hydrogens is 336 g/mol. The van der Waals surface area contributed by atoms with Crippen LogP contribution in [0.1, 0.15) is 20.2 Å². The fourth-order valence-corrected chi connectivity index (χ4v) is 2.53. The van der Waals surface area contributed by atoms with Gasteiger partial charge in [0.1, 0.15) is 5.01 Å². The molecule has 0 aliphatic rings. The number of aromatic nitrogens is 1. The Morgan fingerprint density at radius 3 is 2.94 bits per heavy atom. The predicted molar refractivity (Wildman–Crippen MR) is 77.2 cm³/mol. The molecule has 3 nitrogen and oxygen atoms in total. The number of nitrogens with zero attached hydrogens (tertiary/aromatic N) is 1. The van der Waals surface area contributed by atoms with Gasteiger partial charge in [-0.25, -0.2) is 4.98 Å². The third-order valence-corrected chi connectivity index (χ3v) is 4.40. The monoisotopic (exact) mass is 344 g/mol. The summed E-state index contributed by atoms with van der Waals surface area (Å²) in [5, 5.41) is 4.22. The van der Waals surface area contributed by atoms with Gasteiger partial charge in [0.15, 0.2) is 0 Å². The number of aryl methyl sites for hydroxylation is 1. The van der Waals surface area contributed by atoms with Crippen molar-refractivity contribution in [3.8, 4) is 0 Å². The minimum Gasteiger partial charge on any atom is -0.346 e. The van der Waals surface area contributed by atoms with Gasteiger partial charge in [-0.3, -0.25) is 4.79 Å². The van der Waals surface area contributed by atoms with Crippen LogP contribution in [0, 0.1) is 6.92 Å². The Bertz CT molecular complexity index is 585. The van der Waals surface area contributed by atoms with Crippen molar-refractivity contribution in [1.82, 2.24) is 10.3 Å². The standard InChI is InChI=1S/C12H10BrClN2OS/c1-7-5-15-11(18-7)6-16-12(17)8-2-3-9(13)10(14)4-8/h2-5H,6H2,1H3,(H,16,17). The van der Waals surface area contributed by atoms with Gasteiger partial charge in [0.2, 0.25) is 0 Å². The number of benzene rings is 1. The van der Waals surface area contributed by atoms with Crippen LogP contribution in [0.3, 0.4) is 0 Å². The van der Waals surface area contributed by atoms with E-state index in [1.54, 1.807) is 35.7 Å². The van der Waals surface area contributed by atoms with E-state index in [2.05, 4.69) is 26.2 Å². The molecule has 2 aromatic rings. The average Bonchev–Trinajstić information content (AvgIpc) is 2.75. The lowest BCUT2D eigenvalue weighted by Gasteiger charge is -2.04. The minimum absolute atomic E-state index is 0.155. The van der Waals surface area contributed by atoms with E-state index < -0.39 is 0 Å². The Balaban J connectivity index is 2.01. The van der Waals surface area contributed by atoms with E-state index in [0.29, 0.717) is 17.1 Å². The summed E-state index contributed by atoms with van der Waals surface area (Å²) >= 11 is 10.8. The van der Waals surface area contributed by atoms with Crippen LogP contribution in [0.15, 0.2) is 28.9 Å². The van der Waals surface area contributed by atoms with Crippen molar-refractivity contribution >= 4 is 44.8 Å². The number of thiazole rings is 1. The molecule has 0 radical (unpaired) electrons. The van der Waals surface area contributed by atoms with Crippen LogP contribution in [0.4, 0.5) is 0 Å². The van der Waals surface area contributed by atoms with E-state index in [1.807, 2.05) is 6.92 Å². The third kappa shape index (κ3) is 3.31. The van der Waals surface area contributed by atoms with Crippen LogP contribution in [0.2, 0.25) is 5.02 Å². The first kappa shape index (κ1) is 13.5. The van der Waals surface area contributed by atoms with Crippen LogP contribution >= 0.6 is 38.9 Å². The second-order valence-corrected chi connectivity index (χ2v) is 6.26. The van der Waals surface area contributed by atoms with E-state index in [4.69, 9.17) is 11.6 Å². The Morgan fingerprint density at radius 2 is 2.33 bits per heavy atom. The second kappa shape index (κ2) is 5.82. The van der Waals surface area contributed by atoms with Crippen molar-refractivity contribution < 1.29 is 4.79 Å². The second-order valence-electron chi connectivity index (χ2n) is 3.68. The highest BCUT2D eigenvalue weighted by molar-refractivity contribution is 9.10. The van der Waals surface area contributed by atoms with E-state index in [9.17, 15) is 4.79 Å². The summed E-state index contributed by atoms with van der Waals surface area (Å²) in [7, 11) is 0. The summed E-state index contributed by atoms with van der Waals surface area (Å²) in [5.41, 5.74) is 0.538. The van der Waals surface area contributed by atoms with Gasteiger partial charge in [0, 0.05) is 21.1 Å². The molecule has 0 fully saturated rings. The van der Waals surface area contributed by atoms with E-state index in [-0.39, 0.29) is 5.91 Å². The van der Waals surface area contributed by atoms with Gasteiger partial charge in [0.25, 0.3) is 5.91 Å². The average molecular weight is 346 g/mol. The maximum Gasteiger partial charge on any atom is 0.251 e. The fraction of sp³-hybridized carbons (Fsp3) is 0.167. The van der Waals surface area contributed by atoms with Crippen molar-refractivity contribution in [2.45, 2.75) is 13.5 Å². The summed E-state index contributed by atoms with van der Waals surface area (Å²) in [4.78, 5) is 17.2. The number of hydrogen-bond donors (Lipinski definition) is 1. The zero-order valence-corrected chi connectivity index (χ0v) is 12.7. The Labute approximate surface area is 122 Å². The van der Waals surface area contributed by atoms with Gasteiger partial charge < -0.3 is 5.32 Å². The zero-order valence-electron chi connectivity index (χ0n) is 9.54. The maximum absolute atomic E-state index is 11.9. The van der Waals surface area contributed by atoms with Crippen molar-refractivity contribution in [2.24, 2.45) is 0 Å². The van der Waals surface area contributed by atoms with E-state index in [0.717, 1.165) is 14.4 Å². The molecule has 6 heteroatoms. The van der Waals surface area contributed by atoms with Gasteiger partial charge in [0.05, 0.1) is 11.6 Å². The largest absolute Gasteiger partial charge is 0.346 e. The Hall–Kier alpha value is -0.910. The number of rotatable bonds is 3. The number of halogens is 2. The van der Waals surface area contributed by atoms with Crippen LogP contribution in [0.25, 0.3) is 0 Å². The number of nitrogens with one attached hydrogen (secondary N) is 1. The number of hydrogen-bond acceptors (Lipinski definition) is 3. The van der Waals surface area contributed by atoms with Crippen molar-refractivity contribution in [3.05, 3.63) is 49.3 Å². The summed E-state index contributed by atoms with van der Waals surface area (Å²) in [5.74, 6) is -0.155. The Kier molecular flexibility index (Phi) is 4.37. The molecule has 1 heterocycles. The molecule has 0 unspecified atom stereocenters. The molecule has 18 heavy (non-hydrogen) atoms. The van der Waals surface area contributed by atoms with Gasteiger partial charge in [-0.15, -0.1) is 11.3 Å². The van der Waals surface area contributed by atoms with Crippen molar-refractivity contribution in [2.75, 3.05) is 0 Å². The van der Waals surface area contributed by atoms with Gasteiger partial charge >= 0.3 is 0 Å². The minimum atomic E-state index is -0.155. The highest BCUT2D eigenvalue weighted by Gasteiger charge is 2.08. The maximum atomic E-state index is 11.9. The first-order chi connectivity index (χ1) is 8.56. The number of amides is 1.